The van der Waals surface area contributed by atoms with E-state index < -0.39 is 0 Å². The predicted octanol–water partition coefficient (Wildman–Crippen LogP) is 2.04. The van der Waals surface area contributed by atoms with Gasteiger partial charge in [0.25, 0.3) is 0 Å². The second-order valence-corrected chi connectivity index (χ2v) is 3.85. The van der Waals surface area contributed by atoms with Gasteiger partial charge in [0.05, 0.1) is 14.2 Å². The summed E-state index contributed by atoms with van der Waals surface area (Å²) >= 11 is 0. The smallest absolute Gasteiger partial charge is 0.305 e. The minimum absolute atomic E-state index is 0.0504. The Morgan fingerprint density at radius 1 is 1.29 bits per heavy atom. The molecule has 0 heterocycles. The Hall–Kier alpha value is -1.55. The van der Waals surface area contributed by atoms with Crippen LogP contribution in [0.2, 0.25) is 0 Å². The third-order valence-corrected chi connectivity index (χ3v) is 2.67. The average molecular weight is 237 g/mol. The molecule has 1 unspecified atom stereocenters. The first kappa shape index (κ1) is 13.5. The Bertz CT molecular complexity index is 348. The van der Waals surface area contributed by atoms with Gasteiger partial charge in [0.1, 0.15) is 5.75 Å². The fourth-order valence-electron chi connectivity index (χ4n) is 1.59. The molecule has 0 saturated carbocycles. The molecular formula is C13H19NO3. The maximum Gasteiger partial charge on any atom is 0.305 e. The normalized spacial score (nSPS) is 11.9. The molecule has 94 valence electrons. The van der Waals surface area contributed by atoms with Crippen molar-refractivity contribution in [3.8, 4) is 5.75 Å². The maximum atomic E-state index is 10.9. The topological polar surface area (TPSA) is 61.5 Å². The van der Waals surface area contributed by atoms with E-state index in [1.54, 1.807) is 7.11 Å². The number of nitrogens with two attached hydrogens (primary N) is 1. The van der Waals surface area contributed by atoms with Crippen molar-refractivity contribution in [1.29, 1.82) is 0 Å². The summed E-state index contributed by atoms with van der Waals surface area (Å²) in [5, 5.41) is 0. The summed E-state index contributed by atoms with van der Waals surface area (Å²) in [6, 6.07) is 7.61. The van der Waals surface area contributed by atoms with Crippen molar-refractivity contribution in [1.82, 2.24) is 0 Å². The summed E-state index contributed by atoms with van der Waals surface area (Å²) in [6.07, 6.45) is 1.92. The lowest BCUT2D eigenvalue weighted by Gasteiger charge is -2.12. The first-order valence-electron chi connectivity index (χ1n) is 5.63. The van der Waals surface area contributed by atoms with Crippen molar-refractivity contribution in [2.24, 2.45) is 5.73 Å². The number of benzene rings is 1. The molecule has 0 aliphatic rings. The highest BCUT2D eigenvalue weighted by atomic mass is 16.5. The number of carbonyl (C=O) groups is 1. The zero-order chi connectivity index (χ0) is 12.7. The van der Waals surface area contributed by atoms with Crippen LogP contribution < -0.4 is 10.5 Å². The van der Waals surface area contributed by atoms with Crippen LogP contribution in [0.3, 0.4) is 0 Å². The fourth-order valence-corrected chi connectivity index (χ4v) is 1.59. The predicted molar refractivity (Wildman–Crippen MR) is 65.8 cm³/mol. The van der Waals surface area contributed by atoms with Crippen molar-refractivity contribution in [3.05, 3.63) is 29.8 Å². The highest BCUT2D eigenvalue weighted by Gasteiger charge is 2.07. The van der Waals surface area contributed by atoms with Gasteiger partial charge < -0.3 is 15.2 Å². The van der Waals surface area contributed by atoms with Gasteiger partial charge in [-0.3, -0.25) is 4.79 Å². The summed E-state index contributed by atoms with van der Waals surface area (Å²) in [7, 11) is 3.02. The molecule has 0 aliphatic heterocycles. The standard InChI is InChI=1S/C13H19NO3/c1-16-11-8-6-10(7-9-11)12(14)4-3-5-13(15)17-2/h6-9,12H,3-5,14H2,1-2H3. The molecule has 4 nitrogen and oxygen atoms in total. The van der Waals surface area contributed by atoms with Crippen molar-refractivity contribution < 1.29 is 14.3 Å². The van der Waals surface area contributed by atoms with E-state index in [-0.39, 0.29) is 12.0 Å². The zero-order valence-electron chi connectivity index (χ0n) is 10.3. The lowest BCUT2D eigenvalue weighted by molar-refractivity contribution is -0.140. The van der Waals surface area contributed by atoms with E-state index in [1.807, 2.05) is 24.3 Å². The first-order chi connectivity index (χ1) is 8.17. The Balaban J connectivity index is 2.40. The van der Waals surface area contributed by atoms with Crippen LogP contribution in [0.1, 0.15) is 30.9 Å². The Kier molecular flexibility index (Phi) is 5.49. The van der Waals surface area contributed by atoms with Crippen molar-refractivity contribution in [2.45, 2.75) is 25.3 Å². The summed E-state index contributed by atoms with van der Waals surface area (Å²) in [4.78, 5) is 10.9. The molecule has 0 aliphatic carbocycles. The summed E-state index contributed by atoms with van der Waals surface area (Å²) in [5.74, 6) is 0.627. The van der Waals surface area contributed by atoms with E-state index in [0.29, 0.717) is 6.42 Å². The molecule has 17 heavy (non-hydrogen) atoms. The van der Waals surface area contributed by atoms with Gasteiger partial charge in [0, 0.05) is 12.5 Å². The van der Waals surface area contributed by atoms with Crippen LogP contribution in [0.15, 0.2) is 24.3 Å². The van der Waals surface area contributed by atoms with E-state index in [1.165, 1.54) is 7.11 Å². The minimum Gasteiger partial charge on any atom is -0.497 e. The number of ether oxygens (including phenoxy) is 2. The number of carbonyl (C=O) groups excluding carboxylic acids is 1. The van der Waals surface area contributed by atoms with E-state index >= 15 is 0 Å². The van der Waals surface area contributed by atoms with Crippen LogP contribution in [0.5, 0.6) is 5.75 Å². The summed E-state index contributed by atoms with van der Waals surface area (Å²) in [6.45, 7) is 0. The molecular weight excluding hydrogens is 218 g/mol. The molecule has 0 amide bonds. The van der Waals surface area contributed by atoms with Crippen LogP contribution in [-0.2, 0) is 9.53 Å². The van der Waals surface area contributed by atoms with Crippen LogP contribution in [0, 0.1) is 0 Å². The highest BCUT2D eigenvalue weighted by Crippen LogP contribution is 2.19. The van der Waals surface area contributed by atoms with E-state index in [0.717, 1.165) is 24.2 Å². The minimum atomic E-state index is -0.188. The van der Waals surface area contributed by atoms with Gasteiger partial charge in [0.15, 0.2) is 0 Å². The van der Waals surface area contributed by atoms with Gasteiger partial charge in [-0.2, -0.15) is 0 Å². The van der Waals surface area contributed by atoms with Crippen molar-refractivity contribution >= 4 is 5.97 Å². The lowest BCUT2D eigenvalue weighted by Crippen LogP contribution is -2.11. The molecule has 0 aromatic heterocycles. The van der Waals surface area contributed by atoms with E-state index in [2.05, 4.69) is 4.74 Å². The van der Waals surface area contributed by atoms with E-state index in [9.17, 15) is 4.79 Å². The Morgan fingerprint density at radius 2 is 1.94 bits per heavy atom. The zero-order valence-corrected chi connectivity index (χ0v) is 10.3. The average Bonchev–Trinajstić information content (AvgIpc) is 2.38. The van der Waals surface area contributed by atoms with Gasteiger partial charge in [-0.15, -0.1) is 0 Å². The van der Waals surface area contributed by atoms with Gasteiger partial charge in [0.2, 0.25) is 0 Å². The number of rotatable bonds is 6. The second kappa shape index (κ2) is 6.91. The molecule has 0 fully saturated rings. The third-order valence-electron chi connectivity index (χ3n) is 2.67. The number of methoxy groups -OCH3 is 2. The van der Waals surface area contributed by atoms with Gasteiger partial charge in [-0.1, -0.05) is 12.1 Å². The highest BCUT2D eigenvalue weighted by molar-refractivity contribution is 5.68. The van der Waals surface area contributed by atoms with Gasteiger partial charge in [-0.05, 0) is 30.5 Å². The van der Waals surface area contributed by atoms with Crippen LogP contribution in [0.4, 0.5) is 0 Å². The quantitative estimate of drug-likeness (QED) is 0.769. The maximum absolute atomic E-state index is 10.9. The summed E-state index contributed by atoms with van der Waals surface area (Å²) in [5.41, 5.74) is 7.07. The molecule has 4 heteroatoms. The Labute approximate surface area is 102 Å². The molecule has 0 spiro atoms. The molecule has 1 aromatic carbocycles. The van der Waals surface area contributed by atoms with Crippen molar-refractivity contribution in [2.75, 3.05) is 14.2 Å². The van der Waals surface area contributed by atoms with Crippen molar-refractivity contribution in [3.63, 3.8) is 0 Å². The molecule has 0 radical (unpaired) electrons. The molecule has 2 N–H and O–H groups in total. The number of esters is 1. The van der Waals surface area contributed by atoms with Crippen LogP contribution in [-0.4, -0.2) is 20.2 Å². The van der Waals surface area contributed by atoms with Gasteiger partial charge >= 0.3 is 5.97 Å². The lowest BCUT2D eigenvalue weighted by atomic mass is 10.0. The first-order valence-corrected chi connectivity index (χ1v) is 5.63. The molecule has 1 atom stereocenters. The molecule has 0 saturated heterocycles. The SMILES string of the molecule is COC(=O)CCCC(N)c1ccc(OC)cc1. The summed E-state index contributed by atoms with van der Waals surface area (Å²) < 4.78 is 9.65. The second-order valence-electron chi connectivity index (χ2n) is 3.85. The van der Waals surface area contributed by atoms with E-state index in [4.69, 9.17) is 10.5 Å². The monoisotopic (exact) mass is 237 g/mol. The van der Waals surface area contributed by atoms with Crippen LogP contribution >= 0.6 is 0 Å². The third kappa shape index (κ3) is 4.44. The fraction of sp³-hybridized carbons (Fsp3) is 0.462. The number of hydrogen-bond donors (Lipinski definition) is 1. The van der Waals surface area contributed by atoms with Crippen LogP contribution in [0.25, 0.3) is 0 Å². The number of hydrogen-bond acceptors (Lipinski definition) is 4. The Morgan fingerprint density at radius 3 is 2.47 bits per heavy atom. The molecule has 1 rings (SSSR count). The largest absolute Gasteiger partial charge is 0.497 e. The van der Waals surface area contributed by atoms with Gasteiger partial charge in [-0.25, -0.2) is 0 Å². The molecule has 0 bridgehead atoms. The molecule has 1 aromatic rings.